The molecule has 0 aliphatic rings. The van der Waals surface area contributed by atoms with Crippen molar-refractivity contribution in [1.82, 2.24) is 19.9 Å². The fourth-order valence-corrected chi connectivity index (χ4v) is 7.14. The standard InChI is InChI=1S/C48H30N4O/c1-3-12-31(13-4-1)32-24-26-35(27-25-32)45-50-46(52-47(51-45)41-23-10-17-33-14-7-8-21-39(33)41)38-20-9-19-37(30-38)40-22-11-18-34-28-29-42-44(43(34)40)53-48(49-42)36-15-5-2-6-16-36/h1-30H. The molecule has 0 bridgehead atoms. The summed E-state index contributed by atoms with van der Waals surface area (Å²) in [4.78, 5) is 20.2. The minimum Gasteiger partial charge on any atom is -0.435 e. The van der Waals surface area contributed by atoms with Crippen molar-refractivity contribution in [3.05, 3.63) is 182 Å². The van der Waals surface area contributed by atoms with E-state index in [2.05, 4.69) is 140 Å². The minimum atomic E-state index is 0.600. The molecule has 10 rings (SSSR count). The zero-order valence-electron chi connectivity index (χ0n) is 28.5. The summed E-state index contributed by atoms with van der Waals surface area (Å²) in [7, 11) is 0. The lowest BCUT2D eigenvalue weighted by Gasteiger charge is -2.12. The van der Waals surface area contributed by atoms with Crippen molar-refractivity contribution in [3.8, 4) is 67.9 Å². The minimum absolute atomic E-state index is 0.600. The molecule has 0 N–H and O–H groups in total. The third kappa shape index (κ3) is 5.61. The van der Waals surface area contributed by atoms with E-state index in [0.29, 0.717) is 23.4 Å². The Hall–Kier alpha value is -7.24. The van der Waals surface area contributed by atoms with Gasteiger partial charge in [0, 0.05) is 27.6 Å². The van der Waals surface area contributed by atoms with Gasteiger partial charge >= 0.3 is 0 Å². The van der Waals surface area contributed by atoms with Crippen LogP contribution in [0.4, 0.5) is 0 Å². The normalized spacial score (nSPS) is 11.4. The Morgan fingerprint density at radius 1 is 0.340 bits per heavy atom. The molecule has 0 aliphatic heterocycles. The number of nitrogens with zero attached hydrogens (tertiary/aromatic N) is 4. The molecule has 10 aromatic rings. The molecule has 0 unspecified atom stereocenters. The number of rotatable bonds is 6. The largest absolute Gasteiger partial charge is 0.435 e. The molecule has 0 amide bonds. The number of hydrogen-bond acceptors (Lipinski definition) is 5. The summed E-state index contributed by atoms with van der Waals surface area (Å²) in [5, 5.41) is 4.32. The highest BCUT2D eigenvalue weighted by atomic mass is 16.3. The fourth-order valence-electron chi connectivity index (χ4n) is 7.14. The van der Waals surface area contributed by atoms with Crippen LogP contribution in [0, 0.1) is 0 Å². The highest BCUT2D eigenvalue weighted by Crippen LogP contribution is 2.38. The fraction of sp³-hybridized carbons (Fsp3) is 0. The third-order valence-electron chi connectivity index (χ3n) is 9.77. The average Bonchev–Trinajstić information content (AvgIpc) is 3.69. The molecular weight excluding hydrogens is 649 g/mol. The molecule has 0 aliphatic carbocycles. The molecule has 53 heavy (non-hydrogen) atoms. The van der Waals surface area contributed by atoms with Crippen LogP contribution in [0.1, 0.15) is 0 Å². The van der Waals surface area contributed by atoms with Gasteiger partial charge in [0.15, 0.2) is 23.1 Å². The van der Waals surface area contributed by atoms with E-state index < -0.39 is 0 Å². The molecule has 0 spiro atoms. The van der Waals surface area contributed by atoms with Crippen LogP contribution in [-0.4, -0.2) is 19.9 Å². The van der Waals surface area contributed by atoms with Crippen LogP contribution in [0.2, 0.25) is 0 Å². The summed E-state index contributed by atoms with van der Waals surface area (Å²) in [6.07, 6.45) is 0. The Morgan fingerprint density at radius 3 is 1.72 bits per heavy atom. The summed E-state index contributed by atoms with van der Waals surface area (Å²) >= 11 is 0. The van der Waals surface area contributed by atoms with Gasteiger partial charge < -0.3 is 4.42 Å². The second kappa shape index (κ2) is 12.8. The predicted molar refractivity (Wildman–Crippen MR) is 215 cm³/mol. The van der Waals surface area contributed by atoms with E-state index in [1.807, 2.05) is 42.5 Å². The van der Waals surface area contributed by atoms with Gasteiger partial charge in [0.25, 0.3) is 0 Å². The van der Waals surface area contributed by atoms with E-state index >= 15 is 0 Å². The number of fused-ring (bicyclic) bond motifs is 4. The molecule has 0 atom stereocenters. The van der Waals surface area contributed by atoms with Crippen LogP contribution in [0.25, 0.3) is 101 Å². The maximum Gasteiger partial charge on any atom is 0.227 e. The second-order valence-corrected chi connectivity index (χ2v) is 13.1. The second-order valence-electron chi connectivity index (χ2n) is 13.1. The summed E-state index contributed by atoms with van der Waals surface area (Å²) < 4.78 is 6.50. The summed E-state index contributed by atoms with van der Waals surface area (Å²) in [6.45, 7) is 0. The number of oxazole rings is 1. The highest BCUT2D eigenvalue weighted by Gasteiger charge is 2.18. The lowest BCUT2D eigenvalue weighted by Crippen LogP contribution is -2.00. The lowest BCUT2D eigenvalue weighted by molar-refractivity contribution is 0.623. The van der Waals surface area contributed by atoms with Crippen LogP contribution in [0.15, 0.2) is 186 Å². The van der Waals surface area contributed by atoms with Crippen molar-refractivity contribution in [1.29, 1.82) is 0 Å². The van der Waals surface area contributed by atoms with Crippen LogP contribution >= 0.6 is 0 Å². The van der Waals surface area contributed by atoms with Crippen molar-refractivity contribution in [2.75, 3.05) is 0 Å². The van der Waals surface area contributed by atoms with Crippen molar-refractivity contribution in [2.24, 2.45) is 0 Å². The van der Waals surface area contributed by atoms with Gasteiger partial charge in [-0.3, -0.25) is 0 Å². The molecule has 5 heteroatoms. The smallest absolute Gasteiger partial charge is 0.227 e. The van der Waals surface area contributed by atoms with Gasteiger partial charge in [-0.15, -0.1) is 0 Å². The SMILES string of the molecule is c1ccc(-c2ccc(-c3nc(-c4cccc(-c5cccc6ccc7nc(-c8ccccc8)oc7c56)c4)nc(-c4cccc5ccccc45)n3)cc2)cc1. The van der Waals surface area contributed by atoms with Crippen molar-refractivity contribution in [3.63, 3.8) is 0 Å². The van der Waals surface area contributed by atoms with E-state index in [0.717, 1.165) is 77.2 Å². The predicted octanol–water partition coefficient (Wildman–Crippen LogP) is 12.3. The summed E-state index contributed by atoms with van der Waals surface area (Å²) in [5.41, 5.74) is 9.67. The quantitative estimate of drug-likeness (QED) is 0.175. The van der Waals surface area contributed by atoms with E-state index in [9.17, 15) is 0 Å². The molecule has 5 nitrogen and oxygen atoms in total. The zero-order valence-corrected chi connectivity index (χ0v) is 28.5. The first kappa shape index (κ1) is 30.6. The first-order valence-electron chi connectivity index (χ1n) is 17.6. The Kier molecular flexibility index (Phi) is 7.40. The Morgan fingerprint density at radius 2 is 0.906 bits per heavy atom. The van der Waals surface area contributed by atoms with Crippen molar-refractivity contribution >= 4 is 32.6 Å². The van der Waals surface area contributed by atoms with Gasteiger partial charge in [0.2, 0.25) is 5.89 Å². The van der Waals surface area contributed by atoms with Crippen molar-refractivity contribution < 1.29 is 4.42 Å². The van der Waals surface area contributed by atoms with Gasteiger partial charge in [-0.25, -0.2) is 19.9 Å². The van der Waals surface area contributed by atoms with Gasteiger partial charge in [-0.05, 0) is 62.7 Å². The molecule has 0 saturated heterocycles. The number of hydrogen-bond donors (Lipinski definition) is 0. The molecule has 0 fully saturated rings. The molecule has 2 aromatic heterocycles. The van der Waals surface area contributed by atoms with Gasteiger partial charge in [0.1, 0.15) is 5.52 Å². The van der Waals surface area contributed by atoms with Crippen LogP contribution < -0.4 is 0 Å². The summed E-state index contributed by atoms with van der Waals surface area (Å²) in [5.74, 6) is 2.45. The first-order chi connectivity index (χ1) is 26.2. The van der Waals surface area contributed by atoms with E-state index in [4.69, 9.17) is 24.4 Å². The van der Waals surface area contributed by atoms with E-state index in [-0.39, 0.29) is 0 Å². The van der Waals surface area contributed by atoms with Crippen LogP contribution in [-0.2, 0) is 0 Å². The van der Waals surface area contributed by atoms with E-state index in [1.54, 1.807) is 0 Å². The Bertz CT molecular complexity index is 2930. The molecule has 2 heterocycles. The van der Waals surface area contributed by atoms with Crippen molar-refractivity contribution in [2.45, 2.75) is 0 Å². The highest BCUT2D eigenvalue weighted by molar-refractivity contribution is 6.11. The first-order valence-corrected chi connectivity index (χ1v) is 17.6. The van der Waals surface area contributed by atoms with Gasteiger partial charge in [-0.1, -0.05) is 158 Å². The average molecular weight is 679 g/mol. The maximum absolute atomic E-state index is 6.50. The van der Waals surface area contributed by atoms with Gasteiger partial charge in [0.05, 0.1) is 0 Å². The molecular formula is C48H30N4O. The molecule has 248 valence electrons. The molecule has 0 radical (unpaired) electrons. The maximum atomic E-state index is 6.50. The summed E-state index contributed by atoms with van der Waals surface area (Å²) in [6, 6.07) is 62.3. The van der Waals surface area contributed by atoms with Crippen LogP contribution in [0.5, 0.6) is 0 Å². The van der Waals surface area contributed by atoms with E-state index in [1.165, 1.54) is 0 Å². The van der Waals surface area contributed by atoms with Gasteiger partial charge in [-0.2, -0.15) is 0 Å². The molecule has 0 saturated carbocycles. The van der Waals surface area contributed by atoms with Crippen LogP contribution in [0.3, 0.4) is 0 Å². The molecule has 8 aromatic carbocycles. The number of benzene rings is 8. The zero-order chi connectivity index (χ0) is 35.1. The topological polar surface area (TPSA) is 64.7 Å². The Balaban J connectivity index is 1.13. The lowest BCUT2D eigenvalue weighted by atomic mass is 9.96. The Labute approximate surface area is 305 Å². The number of aromatic nitrogens is 4. The monoisotopic (exact) mass is 678 g/mol. The third-order valence-corrected chi connectivity index (χ3v) is 9.77.